The van der Waals surface area contributed by atoms with Gasteiger partial charge >= 0.3 is 11.9 Å². The van der Waals surface area contributed by atoms with Gasteiger partial charge in [-0.15, -0.1) is 0 Å². The second-order valence-corrected chi connectivity index (χ2v) is 6.88. The Kier molecular flexibility index (Phi) is 4.82. The fraction of sp³-hybridized carbons (Fsp3) is 0.429. The van der Waals surface area contributed by atoms with E-state index in [1.165, 1.54) is 31.4 Å². The summed E-state index contributed by atoms with van der Waals surface area (Å²) < 4.78 is 30.9. The van der Waals surface area contributed by atoms with E-state index in [0.717, 1.165) is 4.31 Å². The predicted octanol–water partition coefficient (Wildman–Crippen LogP) is 1.10. The van der Waals surface area contributed by atoms with Crippen molar-refractivity contribution >= 4 is 22.0 Å². The number of hydrogen-bond donors (Lipinski definition) is 1. The average molecular weight is 327 g/mol. The lowest BCUT2D eigenvalue weighted by Gasteiger charge is -2.31. The van der Waals surface area contributed by atoms with Gasteiger partial charge in [-0.2, -0.15) is 4.31 Å². The van der Waals surface area contributed by atoms with Gasteiger partial charge in [0.25, 0.3) is 0 Å². The van der Waals surface area contributed by atoms with Gasteiger partial charge in [0.15, 0.2) is 0 Å². The molecule has 0 amide bonds. The van der Waals surface area contributed by atoms with Crippen LogP contribution in [0.4, 0.5) is 0 Å². The van der Waals surface area contributed by atoms with E-state index in [-0.39, 0.29) is 23.4 Å². The molecule has 120 valence electrons. The van der Waals surface area contributed by atoms with Crippen LogP contribution in [0.2, 0.25) is 0 Å². The van der Waals surface area contributed by atoms with Crippen LogP contribution in [0.5, 0.6) is 0 Å². The van der Waals surface area contributed by atoms with Crippen LogP contribution in [-0.2, 0) is 19.6 Å². The zero-order chi connectivity index (χ0) is 16.3. The summed E-state index contributed by atoms with van der Waals surface area (Å²) in [5, 5.41) is 9.22. The molecule has 0 aliphatic carbocycles. The van der Waals surface area contributed by atoms with Crippen LogP contribution in [-0.4, -0.2) is 49.5 Å². The number of rotatable bonds is 4. The molecule has 1 aromatic rings. The van der Waals surface area contributed by atoms with Crippen molar-refractivity contribution in [1.82, 2.24) is 4.31 Å². The quantitative estimate of drug-likeness (QED) is 0.831. The Bertz CT molecular complexity index is 684. The maximum absolute atomic E-state index is 12.7. The first-order chi connectivity index (χ1) is 10.4. The molecular weight excluding hydrogens is 310 g/mol. The molecule has 8 heteroatoms. The highest BCUT2D eigenvalue weighted by atomic mass is 32.2. The van der Waals surface area contributed by atoms with E-state index in [4.69, 9.17) is 0 Å². The van der Waals surface area contributed by atoms with Crippen molar-refractivity contribution in [2.24, 2.45) is 0 Å². The van der Waals surface area contributed by atoms with E-state index in [9.17, 15) is 23.1 Å². The van der Waals surface area contributed by atoms with Gasteiger partial charge in [-0.3, -0.25) is 4.79 Å². The van der Waals surface area contributed by atoms with Crippen LogP contribution >= 0.6 is 0 Å². The SMILES string of the molecule is COC(=O)c1cccc(S(=O)(=O)N2CCCCC2C(=O)O)c1. The van der Waals surface area contributed by atoms with Crippen LogP contribution in [0.25, 0.3) is 0 Å². The number of nitrogens with zero attached hydrogens (tertiary/aromatic N) is 1. The normalized spacial score (nSPS) is 19.6. The maximum atomic E-state index is 12.7. The molecule has 0 radical (unpaired) electrons. The standard InChI is InChI=1S/C14H17NO6S/c1-21-14(18)10-5-4-6-11(9-10)22(19,20)15-8-3-2-7-12(15)13(16)17/h4-6,9,12H,2-3,7-8H2,1H3,(H,16,17). The van der Waals surface area contributed by atoms with Crippen molar-refractivity contribution in [2.75, 3.05) is 13.7 Å². The maximum Gasteiger partial charge on any atom is 0.337 e. The Morgan fingerprint density at radius 3 is 2.68 bits per heavy atom. The molecule has 2 rings (SSSR count). The Labute approximate surface area is 128 Å². The van der Waals surface area contributed by atoms with Gasteiger partial charge in [0.05, 0.1) is 17.6 Å². The Morgan fingerprint density at radius 1 is 1.32 bits per heavy atom. The molecule has 1 fully saturated rings. The van der Waals surface area contributed by atoms with Gasteiger partial charge in [-0.25, -0.2) is 13.2 Å². The van der Waals surface area contributed by atoms with E-state index >= 15 is 0 Å². The molecule has 0 aromatic heterocycles. The van der Waals surface area contributed by atoms with Gasteiger partial charge in [-0.05, 0) is 37.5 Å². The number of carbonyl (C=O) groups excluding carboxylic acids is 1. The smallest absolute Gasteiger partial charge is 0.337 e. The zero-order valence-electron chi connectivity index (χ0n) is 12.1. The summed E-state index contributed by atoms with van der Waals surface area (Å²) in [5.41, 5.74) is 0.104. The number of aliphatic carboxylic acids is 1. The predicted molar refractivity (Wildman–Crippen MR) is 76.9 cm³/mol. The van der Waals surface area contributed by atoms with Crippen molar-refractivity contribution in [2.45, 2.75) is 30.2 Å². The third kappa shape index (κ3) is 3.12. The van der Waals surface area contributed by atoms with E-state index in [1.54, 1.807) is 0 Å². The molecule has 1 aromatic carbocycles. The van der Waals surface area contributed by atoms with Crippen molar-refractivity contribution < 1.29 is 27.9 Å². The minimum Gasteiger partial charge on any atom is -0.480 e. The molecule has 22 heavy (non-hydrogen) atoms. The summed E-state index contributed by atoms with van der Waals surface area (Å²) in [6, 6.07) is 4.35. The minimum absolute atomic E-state index is 0.104. The van der Waals surface area contributed by atoms with Gasteiger partial charge in [-0.1, -0.05) is 6.07 Å². The van der Waals surface area contributed by atoms with Crippen LogP contribution in [0, 0.1) is 0 Å². The van der Waals surface area contributed by atoms with Crippen LogP contribution in [0.1, 0.15) is 29.6 Å². The highest BCUT2D eigenvalue weighted by Crippen LogP contribution is 2.26. The Balaban J connectivity index is 2.41. The highest BCUT2D eigenvalue weighted by molar-refractivity contribution is 7.89. The molecule has 0 spiro atoms. The molecular formula is C14H17NO6S. The number of benzene rings is 1. The van der Waals surface area contributed by atoms with Crippen molar-refractivity contribution in [3.05, 3.63) is 29.8 Å². The summed E-state index contributed by atoms with van der Waals surface area (Å²) >= 11 is 0. The number of carboxylic acid groups (broad SMARTS) is 1. The number of piperidine rings is 1. The zero-order valence-corrected chi connectivity index (χ0v) is 12.9. The summed E-state index contributed by atoms with van der Waals surface area (Å²) in [6.07, 6.45) is 1.57. The molecule has 1 saturated heterocycles. The lowest BCUT2D eigenvalue weighted by Crippen LogP contribution is -2.47. The summed E-state index contributed by atoms with van der Waals surface area (Å²) in [5.74, 6) is -1.81. The molecule has 1 aliphatic rings. The number of sulfonamides is 1. The fourth-order valence-corrected chi connectivity index (χ4v) is 4.17. The average Bonchev–Trinajstić information content (AvgIpc) is 2.54. The van der Waals surface area contributed by atoms with E-state index in [2.05, 4.69) is 4.74 Å². The Morgan fingerprint density at radius 2 is 2.05 bits per heavy atom. The van der Waals surface area contributed by atoms with Crippen LogP contribution < -0.4 is 0 Å². The molecule has 1 aliphatic heterocycles. The third-order valence-corrected chi connectivity index (χ3v) is 5.50. The number of methoxy groups -OCH3 is 1. The number of carboxylic acids is 1. The van der Waals surface area contributed by atoms with E-state index in [1.807, 2.05) is 0 Å². The van der Waals surface area contributed by atoms with Crippen LogP contribution in [0.15, 0.2) is 29.2 Å². The second-order valence-electron chi connectivity index (χ2n) is 4.98. The van der Waals surface area contributed by atoms with E-state index < -0.39 is 28.0 Å². The third-order valence-electron chi connectivity index (χ3n) is 3.60. The summed E-state index contributed by atoms with van der Waals surface area (Å²) in [7, 11) is -2.77. The first-order valence-corrected chi connectivity index (χ1v) is 8.25. The largest absolute Gasteiger partial charge is 0.480 e. The minimum atomic E-state index is -3.98. The monoisotopic (exact) mass is 327 g/mol. The summed E-state index contributed by atoms with van der Waals surface area (Å²) in [6.45, 7) is 0.155. The topological polar surface area (TPSA) is 101 Å². The first-order valence-electron chi connectivity index (χ1n) is 6.81. The van der Waals surface area contributed by atoms with Crippen molar-refractivity contribution in [1.29, 1.82) is 0 Å². The van der Waals surface area contributed by atoms with Crippen molar-refractivity contribution in [3.8, 4) is 0 Å². The molecule has 1 unspecified atom stereocenters. The molecule has 0 bridgehead atoms. The lowest BCUT2D eigenvalue weighted by molar-refractivity contribution is -0.142. The van der Waals surface area contributed by atoms with Gasteiger partial charge < -0.3 is 9.84 Å². The van der Waals surface area contributed by atoms with Gasteiger partial charge in [0, 0.05) is 6.54 Å². The number of esters is 1. The molecule has 7 nitrogen and oxygen atoms in total. The molecule has 0 saturated carbocycles. The molecule has 1 heterocycles. The number of ether oxygens (including phenoxy) is 1. The molecule has 1 atom stereocenters. The number of hydrogen-bond acceptors (Lipinski definition) is 5. The second kappa shape index (κ2) is 6.45. The van der Waals surface area contributed by atoms with Gasteiger partial charge in [0.2, 0.25) is 10.0 Å². The first kappa shape index (κ1) is 16.4. The fourth-order valence-electron chi connectivity index (χ4n) is 2.48. The number of carbonyl (C=O) groups is 2. The van der Waals surface area contributed by atoms with Gasteiger partial charge in [0.1, 0.15) is 6.04 Å². The lowest BCUT2D eigenvalue weighted by atomic mass is 10.1. The Hall–Kier alpha value is -1.93. The van der Waals surface area contributed by atoms with E-state index in [0.29, 0.717) is 12.8 Å². The molecule has 1 N–H and O–H groups in total. The highest BCUT2D eigenvalue weighted by Gasteiger charge is 2.37. The van der Waals surface area contributed by atoms with Crippen molar-refractivity contribution in [3.63, 3.8) is 0 Å². The summed E-state index contributed by atoms with van der Waals surface area (Å²) in [4.78, 5) is 22.7. The van der Waals surface area contributed by atoms with Crippen LogP contribution in [0.3, 0.4) is 0 Å².